The minimum Gasteiger partial charge on any atom is 0 e. The van der Waals surface area contributed by atoms with Crippen LogP contribution in [0, 0.1) is 20.0 Å². The number of hydrogen-bond acceptors (Lipinski definition) is 0. The van der Waals surface area contributed by atoms with Crippen molar-refractivity contribution in [1.82, 2.24) is 0 Å². The van der Waals surface area contributed by atoms with Gasteiger partial charge in [0.05, 0.1) is 8.07 Å². The summed E-state index contributed by atoms with van der Waals surface area (Å²) in [6, 6.07) is 8.13. The second kappa shape index (κ2) is 16.5. The van der Waals surface area contributed by atoms with Gasteiger partial charge < -0.3 is 0 Å². The molecule has 0 aliphatic heterocycles. The summed E-state index contributed by atoms with van der Waals surface area (Å²) in [4.78, 5) is 0. The summed E-state index contributed by atoms with van der Waals surface area (Å²) in [5.74, 6) is 0. The van der Waals surface area contributed by atoms with Crippen LogP contribution in [0.2, 0.25) is 24.7 Å². The summed E-state index contributed by atoms with van der Waals surface area (Å²) in [7, 11) is -1.21. The Morgan fingerprint density at radius 1 is 0.889 bits per heavy atom. The van der Waals surface area contributed by atoms with E-state index in [0.717, 1.165) is 5.02 Å². The SMILES string of the molecule is C[Si](C)(C)c1ccccc1Cl.[C-]#[O+].[C-]#[O+].[C-]#[O+].[Cr]. The van der Waals surface area contributed by atoms with Gasteiger partial charge in [-0.25, -0.2) is 0 Å². The number of halogens is 1. The molecule has 0 atom stereocenters. The Hall–Kier alpha value is -0.521. The Labute approximate surface area is 125 Å². The molecule has 3 nitrogen and oxygen atoms in total. The first-order chi connectivity index (χ1) is 8.02. The van der Waals surface area contributed by atoms with Crippen LogP contribution in [0.3, 0.4) is 0 Å². The molecule has 0 fully saturated rings. The summed E-state index contributed by atoms with van der Waals surface area (Å²) >= 11 is 6.04. The van der Waals surface area contributed by atoms with Gasteiger partial charge in [-0.05, 0) is 11.3 Å². The molecule has 0 radical (unpaired) electrons. The largest absolute Gasteiger partial charge is 0 e. The maximum Gasteiger partial charge on any atom is 0 e. The van der Waals surface area contributed by atoms with Crippen molar-refractivity contribution in [3.05, 3.63) is 49.2 Å². The van der Waals surface area contributed by atoms with Gasteiger partial charge in [-0.15, -0.1) is 0 Å². The molecule has 0 N–H and O–H groups in total. The molecule has 6 heteroatoms. The van der Waals surface area contributed by atoms with Crippen molar-refractivity contribution in [2.24, 2.45) is 0 Å². The van der Waals surface area contributed by atoms with E-state index < -0.39 is 8.07 Å². The minimum absolute atomic E-state index is 0. The van der Waals surface area contributed by atoms with E-state index in [9.17, 15) is 0 Å². The van der Waals surface area contributed by atoms with Gasteiger partial charge in [-0.1, -0.05) is 49.4 Å². The van der Waals surface area contributed by atoms with Gasteiger partial charge >= 0.3 is 33.9 Å². The van der Waals surface area contributed by atoms with Crippen LogP contribution in [0.4, 0.5) is 0 Å². The van der Waals surface area contributed by atoms with Crippen LogP contribution in [0.5, 0.6) is 0 Å². The average molecular weight is 321 g/mol. The molecule has 96 valence electrons. The van der Waals surface area contributed by atoms with Gasteiger partial charge in [-0.2, -0.15) is 0 Å². The van der Waals surface area contributed by atoms with E-state index in [2.05, 4.69) is 51.7 Å². The molecule has 0 saturated heterocycles. The summed E-state index contributed by atoms with van der Waals surface area (Å²) in [6.07, 6.45) is 0. The van der Waals surface area contributed by atoms with Crippen molar-refractivity contribution in [2.75, 3.05) is 0 Å². The van der Waals surface area contributed by atoms with Crippen molar-refractivity contribution in [3.8, 4) is 0 Å². The number of hydrogen-bond donors (Lipinski definition) is 0. The fraction of sp³-hybridized carbons (Fsp3) is 0.250. The van der Waals surface area contributed by atoms with Gasteiger partial charge in [0, 0.05) is 22.4 Å². The molecule has 1 aromatic carbocycles. The molecular formula is C12H13ClCrO3Si. The van der Waals surface area contributed by atoms with E-state index in [-0.39, 0.29) is 17.4 Å². The van der Waals surface area contributed by atoms with Crippen LogP contribution in [0.15, 0.2) is 24.3 Å². The van der Waals surface area contributed by atoms with Gasteiger partial charge in [0.25, 0.3) is 0 Å². The summed E-state index contributed by atoms with van der Waals surface area (Å²) in [6.45, 7) is 20.4. The predicted octanol–water partition coefficient (Wildman–Crippen LogP) is 2.77. The maximum absolute atomic E-state index is 7.50. The first-order valence-electron chi connectivity index (χ1n) is 4.38. The Morgan fingerprint density at radius 2 is 1.22 bits per heavy atom. The quantitative estimate of drug-likeness (QED) is 0.434. The molecule has 0 saturated carbocycles. The predicted molar refractivity (Wildman–Crippen MR) is 66.2 cm³/mol. The molecular weight excluding hydrogens is 308 g/mol. The fourth-order valence-corrected chi connectivity index (χ4v) is 3.45. The van der Waals surface area contributed by atoms with E-state index in [1.165, 1.54) is 5.19 Å². The molecule has 0 bridgehead atoms. The fourth-order valence-electron chi connectivity index (χ4n) is 1.07. The van der Waals surface area contributed by atoms with E-state index in [1.807, 2.05) is 12.1 Å². The normalized spacial score (nSPS) is 7.44. The minimum atomic E-state index is -1.21. The third-order valence-corrected chi connectivity index (χ3v) is 4.22. The van der Waals surface area contributed by atoms with E-state index in [4.69, 9.17) is 25.6 Å². The molecule has 0 unspecified atom stereocenters. The van der Waals surface area contributed by atoms with Gasteiger partial charge in [0.2, 0.25) is 0 Å². The zero-order valence-electron chi connectivity index (χ0n) is 10.3. The van der Waals surface area contributed by atoms with Gasteiger partial charge in [-0.3, -0.25) is 0 Å². The van der Waals surface area contributed by atoms with Crippen molar-refractivity contribution in [1.29, 1.82) is 0 Å². The Balaban J connectivity index is -0.000000123. The summed E-state index contributed by atoms with van der Waals surface area (Å²) < 4.78 is 22.5. The van der Waals surface area contributed by atoms with Gasteiger partial charge in [0.15, 0.2) is 0 Å². The Bertz CT molecular complexity index is 355. The van der Waals surface area contributed by atoms with Crippen LogP contribution >= 0.6 is 11.6 Å². The molecule has 0 aromatic heterocycles. The van der Waals surface area contributed by atoms with Gasteiger partial charge in [0.1, 0.15) is 0 Å². The van der Waals surface area contributed by atoms with Crippen LogP contribution < -0.4 is 5.19 Å². The van der Waals surface area contributed by atoms with Crippen LogP contribution in [0.1, 0.15) is 0 Å². The van der Waals surface area contributed by atoms with Crippen molar-refractivity contribution >= 4 is 24.9 Å². The number of rotatable bonds is 1. The molecule has 1 rings (SSSR count). The van der Waals surface area contributed by atoms with Crippen molar-refractivity contribution in [3.63, 3.8) is 0 Å². The topological polar surface area (TPSA) is 59.7 Å². The molecule has 0 aliphatic carbocycles. The first-order valence-corrected chi connectivity index (χ1v) is 8.26. The van der Waals surface area contributed by atoms with E-state index in [1.54, 1.807) is 0 Å². The van der Waals surface area contributed by atoms with Crippen LogP contribution in [0.25, 0.3) is 0 Å². The Kier molecular flexibility index (Phi) is 23.9. The molecule has 0 aliphatic rings. The van der Waals surface area contributed by atoms with E-state index in [0.29, 0.717) is 0 Å². The monoisotopic (exact) mass is 320 g/mol. The maximum atomic E-state index is 7.50. The molecule has 18 heavy (non-hydrogen) atoms. The molecule has 0 spiro atoms. The van der Waals surface area contributed by atoms with Crippen LogP contribution in [-0.2, 0) is 31.3 Å². The standard InChI is InChI=1S/C9H13ClSi.3CO.Cr/c1-11(2,3)9-7-5-4-6-8(9)10;3*1-2;/h4-7H,1-3H3;;;;. The zero-order valence-corrected chi connectivity index (χ0v) is 13.4. The van der Waals surface area contributed by atoms with Crippen LogP contribution in [-0.4, -0.2) is 8.07 Å². The Morgan fingerprint density at radius 3 is 1.44 bits per heavy atom. The zero-order chi connectivity index (χ0) is 14.5. The molecule has 0 heterocycles. The second-order valence-electron chi connectivity index (χ2n) is 3.73. The van der Waals surface area contributed by atoms with E-state index >= 15 is 0 Å². The molecule has 1 aromatic rings. The summed E-state index contributed by atoms with van der Waals surface area (Å²) in [5.41, 5.74) is 0. The average Bonchev–Trinajstić information content (AvgIpc) is 2.36. The van der Waals surface area contributed by atoms with Crippen molar-refractivity contribution in [2.45, 2.75) is 19.6 Å². The third-order valence-electron chi connectivity index (χ3n) is 1.68. The first kappa shape index (κ1) is 26.1. The third kappa shape index (κ3) is 12.0. The number of benzene rings is 1. The smallest absolute Gasteiger partial charge is 0 e. The van der Waals surface area contributed by atoms with Crippen molar-refractivity contribution < 1.29 is 31.3 Å². The summed E-state index contributed by atoms with van der Waals surface area (Å²) in [5, 5.41) is 2.27. The molecule has 0 amide bonds. The second-order valence-corrected chi connectivity index (χ2v) is 9.18.